The number of carbonyl (C=O) groups excluding carboxylic acids is 2. The number of hydrogen-bond donors (Lipinski definition) is 0. The minimum Gasteiger partial charge on any atom is -0.444 e. The van der Waals surface area contributed by atoms with Gasteiger partial charge in [-0.15, -0.1) is 0 Å². The number of nitrogens with zero attached hydrogens (tertiary/aromatic N) is 7. The maximum Gasteiger partial charge on any atom is 0.416 e. The summed E-state index contributed by atoms with van der Waals surface area (Å²) in [4.78, 5) is 42.7. The molecule has 11 heteroatoms. The summed E-state index contributed by atoms with van der Waals surface area (Å²) >= 11 is 0. The van der Waals surface area contributed by atoms with Crippen LogP contribution >= 0.6 is 0 Å². The number of pyridine rings is 1. The molecule has 3 aliphatic rings. The van der Waals surface area contributed by atoms with E-state index < -0.39 is 17.3 Å². The Balaban J connectivity index is 1.25. The lowest BCUT2D eigenvalue weighted by atomic mass is 10.1. The standard InChI is InChI=1S/C37H45N7O4/c1-35(2,3)47-33(45)42(23-25-10-12-27(13-11-25)29-9-7-8-18-38-29)31-21-30(40-32-28(26-14-15-26)22-39-44(31)32)41-19-20-43(37(24-41)16-17-37)34(46)48-36(4,5)6/h7-13,18,21-22,26H,14-17,19-20,23-24H2,1-6H3. The first-order valence-corrected chi connectivity index (χ1v) is 16.9. The van der Waals surface area contributed by atoms with Crippen LogP contribution in [0.3, 0.4) is 0 Å². The number of carbonyl (C=O) groups is 2. The minimum absolute atomic E-state index is 0.263. The number of amides is 2. The zero-order valence-corrected chi connectivity index (χ0v) is 28.8. The highest BCUT2D eigenvalue weighted by molar-refractivity contribution is 5.88. The average molecular weight is 652 g/mol. The summed E-state index contributed by atoms with van der Waals surface area (Å²) in [5, 5.41) is 4.78. The van der Waals surface area contributed by atoms with Crippen molar-refractivity contribution in [3.63, 3.8) is 0 Å². The topological polar surface area (TPSA) is 105 Å². The smallest absolute Gasteiger partial charge is 0.416 e. The highest BCUT2D eigenvalue weighted by atomic mass is 16.6. The average Bonchev–Trinajstić information content (AvgIpc) is 3.97. The van der Waals surface area contributed by atoms with Gasteiger partial charge in [0.25, 0.3) is 0 Å². The summed E-state index contributed by atoms with van der Waals surface area (Å²) < 4.78 is 13.5. The van der Waals surface area contributed by atoms with Crippen LogP contribution in [0.1, 0.15) is 84.3 Å². The van der Waals surface area contributed by atoms with E-state index >= 15 is 0 Å². The first-order valence-electron chi connectivity index (χ1n) is 16.9. The fourth-order valence-electron chi connectivity index (χ4n) is 6.39. The van der Waals surface area contributed by atoms with Crippen molar-refractivity contribution in [1.82, 2.24) is 24.5 Å². The van der Waals surface area contributed by atoms with Gasteiger partial charge in [0, 0.05) is 43.0 Å². The molecule has 4 heterocycles. The lowest BCUT2D eigenvalue weighted by Gasteiger charge is -2.43. The molecule has 7 rings (SSSR count). The van der Waals surface area contributed by atoms with E-state index in [1.807, 2.05) is 101 Å². The summed E-state index contributed by atoms with van der Waals surface area (Å²) in [5.41, 5.74) is 3.12. The fraction of sp³-hybridized carbons (Fsp3) is 0.486. The quantitative estimate of drug-likeness (QED) is 0.216. The molecule has 0 bridgehead atoms. The first-order chi connectivity index (χ1) is 22.8. The Hall–Kier alpha value is -4.67. The van der Waals surface area contributed by atoms with Crippen molar-refractivity contribution in [2.75, 3.05) is 29.4 Å². The van der Waals surface area contributed by atoms with Gasteiger partial charge >= 0.3 is 12.2 Å². The molecule has 0 atom stereocenters. The second kappa shape index (κ2) is 11.8. The first kappa shape index (κ1) is 31.9. The predicted octanol–water partition coefficient (Wildman–Crippen LogP) is 7.20. The SMILES string of the molecule is CC(C)(C)OC(=O)N(Cc1ccc(-c2ccccn2)cc1)c1cc(N2CCN(C(=O)OC(C)(C)C)C3(CC3)C2)nc2c(C3CC3)cnn12. The van der Waals surface area contributed by atoms with Gasteiger partial charge in [0.2, 0.25) is 0 Å². The molecule has 0 N–H and O–H groups in total. The monoisotopic (exact) mass is 651 g/mol. The molecular weight excluding hydrogens is 606 g/mol. The molecule has 1 aliphatic heterocycles. The summed E-state index contributed by atoms with van der Waals surface area (Å²) in [6.45, 7) is 13.3. The lowest BCUT2D eigenvalue weighted by Crippen LogP contribution is -2.58. The van der Waals surface area contributed by atoms with E-state index in [1.54, 1.807) is 15.6 Å². The predicted molar refractivity (Wildman–Crippen MR) is 184 cm³/mol. The van der Waals surface area contributed by atoms with Gasteiger partial charge in [0.1, 0.15) is 22.8 Å². The number of piperazine rings is 1. The van der Waals surface area contributed by atoms with E-state index in [2.05, 4.69) is 9.88 Å². The van der Waals surface area contributed by atoms with E-state index in [9.17, 15) is 9.59 Å². The van der Waals surface area contributed by atoms with Crippen molar-refractivity contribution >= 4 is 29.5 Å². The van der Waals surface area contributed by atoms with Crippen molar-refractivity contribution in [2.24, 2.45) is 0 Å². The molecule has 252 valence electrons. The number of anilines is 2. The van der Waals surface area contributed by atoms with Gasteiger partial charge in [-0.25, -0.2) is 14.6 Å². The van der Waals surface area contributed by atoms with Crippen molar-refractivity contribution in [3.8, 4) is 11.3 Å². The maximum atomic E-state index is 14.0. The molecule has 2 saturated carbocycles. The molecule has 4 aromatic rings. The third kappa shape index (κ3) is 6.68. The van der Waals surface area contributed by atoms with Crippen LogP contribution in [0.2, 0.25) is 0 Å². The van der Waals surface area contributed by atoms with Gasteiger partial charge in [0.05, 0.1) is 24.0 Å². The summed E-state index contributed by atoms with van der Waals surface area (Å²) in [7, 11) is 0. The number of benzene rings is 1. The number of fused-ring (bicyclic) bond motifs is 1. The van der Waals surface area contributed by atoms with Crippen LogP contribution in [0.25, 0.3) is 16.9 Å². The van der Waals surface area contributed by atoms with Crippen LogP contribution in [-0.4, -0.2) is 73.0 Å². The number of ether oxygens (including phenoxy) is 2. The Morgan fingerprint density at radius 1 is 0.958 bits per heavy atom. The van der Waals surface area contributed by atoms with E-state index in [-0.39, 0.29) is 18.2 Å². The van der Waals surface area contributed by atoms with Crippen molar-refractivity contribution in [3.05, 3.63) is 72.1 Å². The van der Waals surface area contributed by atoms with Crippen molar-refractivity contribution in [2.45, 2.75) is 96.4 Å². The molecule has 1 aromatic carbocycles. The normalized spacial score (nSPS) is 17.5. The van der Waals surface area contributed by atoms with Crippen LogP contribution in [0.15, 0.2) is 60.9 Å². The van der Waals surface area contributed by atoms with Gasteiger partial charge in [0.15, 0.2) is 5.65 Å². The van der Waals surface area contributed by atoms with Crippen LogP contribution in [0.5, 0.6) is 0 Å². The zero-order valence-electron chi connectivity index (χ0n) is 28.8. The third-order valence-electron chi connectivity index (χ3n) is 9.05. The molecule has 2 aliphatic carbocycles. The molecule has 48 heavy (non-hydrogen) atoms. The highest BCUT2D eigenvalue weighted by Crippen LogP contribution is 2.46. The van der Waals surface area contributed by atoms with Crippen molar-refractivity contribution in [1.29, 1.82) is 0 Å². The summed E-state index contributed by atoms with van der Waals surface area (Å²) in [5.74, 6) is 1.75. The minimum atomic E-state index is -0.702. The van der Waals surface area contributed by atoms with Crippen LogP contribution in [0.4, 0.5) is 21.2 Å². The van der Waals surface area contributed by atoms with Crippen molar-refractivity contribution < 1.29 is 19.1 Å². The Kier molecular flexibility index (Phi) is 7.83. The van der Waals surface area contributed by atoms with Crippen LogP contribution < -0.4 is 9.80 Å². The Labute approximate surface area is 281 Å². The second-order valence-corrected chi connectivity index (χ2v) is 15.3. The highest BCUT2D eigenvalue weighted by Gasteiger charge is 2.54. The molecular formula is C37H45N7O4. The van der Waals surface area contributed by atoms with Crippen LogP contribution in [0, 0.1) is 0 Å². The van der Waals surface area contributed by atoms with Crippen LogP contribution in [-0.2, 0) is 16.0 Å². The largest absolute Gasteiger partial charge is 0.444 e. The zero-order chi connectivity index (χ0) is 33.8. The molecule has 1 spiro atoms. The number of aromatic nitrogens is 4. The summed E-state index contributed by atoms with van der Waals surface area (Å²) in [6.07, 6.45) is 6.96. The number of rotatable bonds is 6. The Morgan fingerprint density at radius 3 is 2.31 bits per heavy atom. The lowest BCUT2D eigenvalue weighted by molar-refractivity contribution is 0.0106. The van der Waals surface area contributed by atoms with E-state index in [1.165, 1.54) is 0 Å². The van der Waals surface area contributed by atoms with Gasteiger partial charge in [-0.05, 0) is 90.8 Å². The Morgan fingerprint density at radius 2 is 1.69 bits per heavy atom. The van der Waals surface area contributed by atoms with E-state index in [4.69, 9.17) is 19.6 Å². The van der Waals surface area contributed by atoms with E-state index in [0.717, 1.165) is 59.5 Å². The van der Waals surface area contributed by atoms with Gasteiger partial charge < -0.3 is 14.4 Å². The Bertz CT molecular complexity index is 1820. The van der Waals surface area contributed by atoms with Gasteiger partial charge in [-0.3, -0.25) is 14.8 Å². The molecule has 11 nitrogen and oxygen atoms in total. The molecule has 1 saturated heterocycles. The molecule has 0 radical (unpaired) electrons. The fourth-order valence-corrected chi connectivity index (χ4v) is 6.39. The van der Waals surface area contributed by atoms with Gasteiger partial charge in [-0.2, -0.15) is 9.61 Å². The second-order valence-electron chi connectivity index (χ2n) is 15.3. The molecule has 2 amide bonds. The molecule has 3 aromatic heterocycles. The van der Waals surface area contributed by atoms with E-state index in [0.29, 0.717) is 31.4 Å². The molecule has 0 unspecified atom stereocenters. The third-order valence-corrected chi connectivity index (χ3v) is 9.05. The molecule has 3 fully saturated rings. The maximum absolute atomic E-state index is 14.0. The summed E-state index contributed by atoms with van der Waals surface area (Å²) in [6, 6.07) is 15.9. The van der Waals surface area contributed by atoms with Gasteiger partial charge in [-0.1, -0.05) is 30.3 Å². The number of hydrogen-bond acceptors (Lipinski definition) is 8.